The highest BCUT2D eigenvalue weighted by molar-refractivity contribution is 9.10. The van der Waals surface area contributed by atoms with Crippen LogP contribution in [0.25, 0.3) is 0 Å². The summed E-state index contributed by atoms with van der Waals surface area (Å²) in [4.78, 5) is 15.8. The van der Waals surface area contributed by atoms with E-state index in [1.807, 2.05) is 17.0 Å². The van der Waals surface area contributed by atoms with Crippen molar-refractivity contribution >= 4 is 33.6 Å². The van der Waals surface area contributed by atoms with E-state index in [9.17, 15) is 4.79 Å². The molecule has 0 aliphatic carbocycles. The topological polar surface area (TPSA) is 49.6 Å². The quantitative estimate of drug-likeness (QED) is 0.728. The Kier molecular flexibility index (Phi) is 7.24. The number of nitrogens with two attached hydrogens (primary N) is 1. The first-order valence-corrected chi connectivity index (χ1v) is 10.9. The highest BCUT2D eigenvalue weighted by atomic mass is 79.9. The van der Waals surface area contributed by atoms with Gasteiger partial charge in [0, 0.05) is 22.6 Å². The molecule has 144 valence electrons. The van der Waals surface area contributed by atoms with Gasteiger partial charge in [0.05, 0.1) is 0 Å². The van der Waals surface area contributed by atoms with Gasteiger partial charge in [-0.25, -0.2) is 4.79 Å². The number of benzene rings is 1. The van der Waals surface area contributed by atoms with Crippen molar-refractivity contribution in [3.63, 3.8) is 0 Å². The third kappa shape index (κ3) is 5.61. The van der Waals surface area contributed by atoms with Crippen LogP contribution in [0.3, 0.4) is 0 Å². The summed E-state index contributed by atoms with van der Waals surface area (Å²) in [6.07, 6.45) is 7.08. The fourth-order valence-electron chi connectivity index (χ4n) is 4.29. The first kappa shape index (κ1) is 20.0. The number of likely N-dealkylation sites (tertiary alicyclic amines) is 2. The van der Waals surface area contributed by atoms with Crippen LogP contribution in [0.2, 0.25) is 5.02 Å². The molecule has 2 aliphatic heterocycles. The number of carbonyl (C=O) groups is 1. The van der Waals surface area contributed by atoms with Gasteiger partial charge in [0.1, 0.15) is 0 Å². The van der Waals surface area contributed by atoms with Crippen molar-refractivity contribution in [2.75, 3.05) is 32.7 Å². The number of hydrogen-bond acceptors (Lipinski definition) is 2. The van der Waals surface area contributed by atoms with Gasteiger partial charge in [0.2, 0.25) is 0 Å². The van der Waals surface area contributed by atoms with E-state index in [1.165, 1.54) is 48.8 Å². The minimum absolute atomic E-state index is 0.261. The Morgan fingerprint density at radius 1 is 1.19 bits per heavy atom. The average Bonchev–Trinajstić information content (AvgIpc) is 2.64. The van der Waals surface area contributed by atoms with Gasteiger partial charge in [-0.1, -0.05) is 27.5 Å². The maximum atomic E-state index is 11.4. The fourth-order valence-corrected chi connectivity index (χ4v) is 4.89. The van der Waals surface area contributed by atoms with Crippen molar-refractivity contribution in [1.82, 2.24) is 9.80 Å². The van der Waals surface area contributed by atoms with Crippen LogP contribution >= 0.6 is 27.5 Å². The van der Waals surface area contributed by atoms with Crippen molar-refractivity contribution in [2.24, 2.45) is 17.6 Å². The number of nitrogens with zero attached hydrogens (tertiary/aromatic N) is 2. The molecule has 0 radical (unpaired) electrons. The van der Waals surface area contributed by atoms with Crippen LogP contribution < -0.4 is 5.73 Å². The minimum atomic E-state index is -0.261. The maximum absolute atomic E-state index is 11.4. The predicted molar refractivity (Wildman–Crippen MR) is 111 cm³/mol. The molecule has 1 unspecified atom stereocenters. The molecule has 0 spiro atoms. The Bertz CT molecular complexity index is 619. The summed E-state index contributed by atoms with van der Waals surface area (Å²) in [7, 11) is 0. The largest absolute Gasteiger partial charge is 0.351 e. The summed E-state index contributed by atoms with van der Waals surface area (Å²) in [6.45, 7) is 5.17. The first-order valence-electron chi connectivity index (χ1n) is 9.72. The Hall–Kier alpha value is -0.780. The minimum Gasteiger partial charge on any atom is -0.351 e. The number of piperidine rings is 2. The standard InChI is InChI=1S/C20H29BrClN3O/c21-19-4-3-18(22)13-17(19)12-15-5-9-24(10-6-15)11-7-16-2-1-8-25(14-16)20(23)26/h3-4,13,15-16H,1-2,5-12,14H2,(H2,23,26). The molecule has 2 aliphatic rings. The van der Waals surface area contributed by atoms with Crippen molar-refractivity contribution in [1.29, 1.82) is 0 Å². The lowest BCUT2D eigenvalue weighted by molar-refractivity contribution is 0.144. The highest BCUT2D eigenvalue weighted by Gasteiger charge is 2.24. The summed E-state index contributed by atoms with van der Waals surface area (Å²) in [5.41, 5.74) is 6.76. The molecule has 4 nitrogen and oxygen atoms in total. The van der Waals surface area contributed by atoms with Gasteiger partial charge in [0.25, 0.3) is 0 Å². The van der Waals surface area contributed by atoms with Gasteiger partial charge in [-0.05, 0) is 93.8 Å². The first-order chi connectivity index (χ1) is 12.5. The molecular formula is C20H29BrClN3O. The van der Waals surface area contributed by atoms with E-state index in [0.29, 0.717) is 5.92 Å². The number of halogens is 2. The lowest BCUT2D eigenvalue weighted by Gasteiger charge is -2.35. The van der Waals surface area contributed by atoms with E-state index >= 15 is 0 Å². The number of amides is 2. The van der Waals surface area contributed by atoms with Crippen molar-refractivity contribution in [3.05, 3.63) is 33.3 Å². The molecule has 2 saturated heterocycles. The van der Waals surface area contributed by atoms with Gasteiger partial charge in [-0.2, -0.15) is 0 Å². The number of hydrogen-bond donors (Lipinski definition) is 1. The van der Waals surface area contributed by atoms with Gasteiger partial charge >= 0.3 is 6.03 Å². The molecule has 3 rings (SSSR count). The maximum Gasteiger partial charge on any atom is 0.314 e. The summed E-state index contributed by atoms with van der Waals surface area (Å²) in [5.74, 6) is 1.34. The normalized spacial score (nSPS) is 22.5. The van der Waals surface area contributed by atoms with E-state index in [2.05, 4.69) is 26.9 Å². The lowest BCUT2D eigenvalue weighted by atomic mass is 9.89. The second-order valence-electron chi connectivity index (χ2n) is 7.81. The van der Waals surface area contributed by atoms with Gasteiger partial charge in [-0.3, -0.25) is 0 Å². The Morgan fingerprint density at radius 3 is 2.69 bits per heavy atom. The highest BCUT2D eigenvalue weighted by Crippen LogP contribution is 2.28. The summed E-state index contributed by atoms with van der Waals surface area (Å²) in [6, 6.07) is 5.81. The average molecular weight is 443 g/mol. The zero-order valence-corrected chi connectivity index (χ0v) is 17.6. The molecule has 1 aromatic rings. The molecule has 0 saturated carbocycles. The molecular weight excluding hydrogens is 414 g/mol. The molecule has 26 heavy (non-hydrogen) atoms. The molecule has 2 fully saturated rings. The smallest absolute Gasteiger partial charge is 0.314 e. The van der Waals surface area contributed by atoms with E-state index in [1.54, 1.807) is 0 Å². The molecule has 2 amide bonds. The molecule has 0 bridgehead atoms. The second kappa shape index (κ2) is 9.43. The molecule has 2 N–H and O–H groups in total. The number of urea groups is 1. The number of rotatable bonds is 5. The molecule has 6 heteroatoms. The van der Waals surface area contributed by atoms with Crippen molar-refractivity contribution in [3.8, 4) is 0 Å². The molecule has 1 atom stereocenters. The van der Waals surface area contributed by atoms with Crippen molar-refractivity contribution < 1.29 is 4.79 Å². The molecule has 0 aromatic heterocycles. The zero-order valence-electron chi connectivity index (χ0n) is 15.3. The summed E-state index contributed by atoms with van der Waals surface area (Å²) < 4.78 is 1.17. The Labute approximate surface area is 170 Å². The van der Waals surface area contributed by atoms with Crippen LogP contribution in [0.15, 0.2) is 22.7 Å². The molecule has 2 heterocycles. The van der Waals surface area contributed by atoms with Crippen LogP contribution in [0.1, 0.15) is 37.7 Å². The summed E-state index contributed by atoms with van der Waals surface area (Å²) in [5, 5.41) is 0.818. The Morgan fingerprint density at radius 2 is 1.96 bits per heavy atom. The number of primary amides is 1. The van der Waals surface area contributed by atoms with E-state index in [0.717, 1.165) is 43.4 Å². The third-order valence-corrected chi connectivity index (χ3v) is 6.92. The van der Waals surface area contributed by atoms with E-state index in [-0.39, 0.29) is 6.03 Å². The Balaban J connectivity index is 1.40. The van der Waals surface area contributed by atoms with Crippen LogP contribution in [-0.2, 0) is 6.42 Å². The SMILES string of the molecule is NC(=O)N1CCCC(CCN2CCC(Cc3cc(Cl)ccc3Br)CC2)C1. The monoisotopic (exact) mass is 441 g/mol. The summed E-state index contributed by atoms with van der Waals surface area (Å²) >= 11 is 9.79. The molecule has 1 aromatic carbocycles. The van der Waals surface area contributed by atoms with Gasteiger partial charge in [-0.15, -0.1) is 0 Å². The lowest BCUT2D eigenvalue weighted by Crippen LogP contribution is -2.44. The van der Waals surface area contributed by atoms with E-state index in [4.69, 9.17) is 17.3 Å². The second-order valence-corrected chi connectivity index (χ2v) is 9.10. The van der Waals surface area contributed by atoms with Crippen LogP contribution in [-0.4, -0.2) is 48.6 Å². The fraction of sp³-hybridized carbons (Fsp3) is 0.650. The van der Waals surface area contributed by atoms with Crippen molar-refractivity contribution in [2.45, 2.75) is 38.5 Å². The van der Waals surface area contributed by atoms with Crippen LogP contribution in [0.5, 0.6) is 0 Å². The predicted octanol–water partition coefficient (Wildman–Crippen LogP) is 4.54. The van der Waals surface area contributed by atoms with Gasteiger partial charge in [0.15, 0.2) is 0 Å². The zero-order chi connectivity index (χ0) is 18.5. The van der Waals surface area contributed by atoms with Crippen LogP contribution in [0, 0.1) is 11.8 Å². The van der Waals surface area contributed by atoms with Gasteiger partial charge < -0.3 is 15.5 Å². The third-order valence-electron chi connectivity index (χ3n) is 5.91. The number of carbonyl (C=O) groups excluding carboxylic acids is 1. The van der Waals surface area contributed by atoms with E-state index < -0.39 is 0 Å². The van der Waals surface area contributed by atoms with Crippen LogP contribution in [0.4, 0.5) is 4.79 Å².